The van der Waals surface area contributed by atoms with Crippen LogP contribution in [0.15, 0.2) is 22.9 Å². The van der Waals surface area contributed by atoms with E-state index in [1.165, 1.54) is 12.0 Å². The van der Waals surface area contributed by atoms with Gasteiger partial charge >= 0.3 is 0 Å². The van der Waals surface area contributed by atoms with Crippen molar-refractivity contribution in [1.29, 1.82) is 0 Å². The molecule has 15 heavy (non-hydrogen) atoms. The quantitative estimate of drug-likeness (QED) is 0.725. The van der Waals surface area contributed by atoms with Crippen molar-refractivity contribution in [3.05, 3.63) is 28.5 Å². The maximum Gasteiger partial charge on any atom is 0.0410 e. The molecule has 0 radical (unpaired) electrons. The van der Waals surface area contributed by atoms with E-state index in [0.29, 0.717) is 5.92 Å². The Morgan fingerprint density at radius 3 is 2.60 bits per heavy atom. The van der Waals surface area contributed by atoms with Gasteiger partial charge in [0.1, 0.15) is 0 Å². The zero-order valence-electron chi connectivity index (χ0n) is 9.21. The lowest BCUT2D eigenvalue weighted by Crippen LogP contribution is -2.09. The lowest BCUT2D eigenvalue weighted by molar-refractivity contribution is 0.444. The smallest absolute Gasteiger partial charge is 0.0410 e. The van der Waals surface area contributed by atoms with Crippen LogP contribution in [0.3, 0.4) is 0 Å². The largest absolute Gasteiger partial charge is 0.263 e. The van der Waals surface area contributed by atoms with Gasteiger partial charge in [-0.1, -0.05) is 29.8 Å². The van der Waals surface area contributed by atoms with Crippen LogP contribution in [-0.2, 0) is 6.42 Å². The Morgan fingerprint density at radius 2 is 2.07 bits per heavy atom. The third kappa shape index (κ3) is 5.12. The summed E-state index contributed by atoms with van der Waals surface area (Å²) in [4.78, 5) is 4.19. The maximum absolute atomic E-state index is 4.19. The predicted molar refractivity (Wildman–Crippen MR) is 72.4 cm³/mol. The van der Waals surface area contributed by atoms with E-state index >= 15 is 0 Å². The summed E-state index contributed by atoms with van der Waals surface area (Å²) in [5.41, 5.74) is 1.31. The molecule has 0 spiro atoms. The van der Waals surface area contributed by atoms with Crippen molar-refractivity contribution in [1.82, 2.24) is 4.98 Å². The molecule has 1 heterocycles. The van der Waals surface area contributed by atoms with Crippen molar-refractivity contribution in [3.63, 3.8) is 0 Å². The van der Waals surface area contributed by atoms with Gasteiger partial charge in [0.15, 0.2) is 0 Å². The topological polar surface area (TPSA) is 12.9 Å². The lowest BCUT2D eigenvalue weighted by Gasteiger charge is -2.16. The van der Waals surface area contributed by atoms with Crippen LogP contribution in [-0.4, -0.2) is 10.3 Å². The van der Waals surface area contributed by atoms with Gasteiger partial charge in [-0.3, -0.25) is 4.98 Å². The maximum atomic E-state index is 4.19. The second-order valence-corrected chi connectivity index (χ2v) is 5.93. The third-order valence-corrected chi connectivity index (χ3v) is 3.66. The van der Waals surface area contributed by atoms with Gasteiger partial charge in [-0.2, -0.15) is 0 Å². The average molecular weight is 335 g/mol. The van der Waals surface area contributed by atoms with E-state index in [1.54, 1.807) is 0 Å². The monoisotopic (exact) mass is 333 g/mol. The average Bonchev–Trinajstić information content (AvgIpc) is 2.16. The SMILES string of the molecule is CC(C)CC(CBr)Cc1cncc(Br)c1. The zero-order chi connectivity index (χ0) is 11.3. The van der Waals surface area contributed by atoms with Crippen molar-refractivity contribution < 1.29 is 0 Å². The van der Waals surface area contributed by atoms with E-state index in [-0.39, 0.29) is 0 Å². The standard InChI is InChI=1S/C12H17Br2N/c1-9(2)3-10(6-13)4-11-5-12(14)8-15-7-11/h5,7-10H,3-4,6H2,1-2H3. The number of hydrogen-bond acceptors (Lipinski definition) is 1. The number of aromatic nitrogens is 1. The summed E-state index contributed by atoms with van der Waals surface area (Å²) < 4.78 is 1.07. The van der Waals surface area contributed by atoms with E-state index in [4.69, 9.17) is 0 Å². The molecule has 0 amide bonds. The van der Waals surface area contributed by atoms with Gasteiger partial charge in [0, 0.05) is 22.2 Å². The predicted octanol–water partition coefficient (Wildman–Crippen LogP) is 4.44. The van der Waals surface area contributed by atoms with Crippen LogP contribution in [0.2, 0.25) is 0 Å². The van der Waals surface area contributed by atoms with Gasteiger partial charge in [0.05, 0.1) is 0 Å². The highest BCUT2D eigenvalue weighted by atomic mass is 79.9. The van der Waals surface area contributed by atoms with Crippen LogP contribution in [0.25, 0.3) is 0 Å². The van der Waals surface area contributed by atoms with Crippen LogP contribution in [0.1, 0.15) is 25.8 Å². The second-order valence-electron chi connectivity index (χ2n) is 4.37. The summed E-state index contributed by atoms with van der Waals surface area (Å²) in [5.74, 6) is 1.47. The molecule has 0 N–H and O–H groups in total. The van der Waals surface area contributed by atoms with Gasteiger partial charge in [-0.05, 0) is 52.2 Å². The highest BCUT2D eigenvalue weighted by Gasteiger charge is 2.10. The number of halogens is 2. The van der Waals surface area contributed by atoms with Gasteiger partial charge in [0.2, 0.25) is 0 Å². The van der Waals surface area contributed by atoms with E-state index in [1.807, 2.05) is 12.4 Å². The first-order valence-corrected chi connectivity index (χ1v) is 7.18. The van der Waals surface area contributed by atoms with Gasteiger partial charge in [-0.15, -0.1) is 0 Å². The van der Waals surface area contributed by atoms with E-state index in [9.17, 15) is 0 Å². The highest BCUT2D eigenvalue weighted by Crippen LogP contribution is 2.20. The molecule has 1 rings (SSSR count). The summed E-state index contributed by atoms with van der Waals surface area (Å²) in [6, 6.07) is 2.16. The third-order valence-electron chi connectivity index (χ3n) is 2.31. The number of hydrogen-bond donors (Lipinski definition) is 0. The Morgan fingerprint density at radius 1 is 1.33 bits per heavy atom. The summed E-state index contributed by atoms with van der Waals surface area (Å²) in [6.07, 6.45) is 6.16. The molecular formula is C12H17Br2N. The van der Waals surface area contributed by atoms with Crippen LogP contribution in [0, 0.1) is 11.8 Å². The summed E-state index contributed by atoms with van der Waals surface area (Å²) in [5, 5.41) is 1.07. The molecule has 0 saturated carbocycles. The molecule has 1 unspecified atom stereocenters. The molecule has 0 aliphatic heterocycles. The number of nitrogens with zero attached hydrogens (tertiary/aromatic N) is 1. The second kappa shape index (κ2) is 6.64. The fourth-order valence-electron chi connectivity index (χ4n) is 1.77. The minimum Gasteiger partial charge on any atom is -0.263 e. The summed E-state index contributed by atoms with van der Waals surface area (Å²) in [6.45, 7) is 4.55. The molecule has 84 valence electrons. The first-order valence-electron chi connectivity index (χ1n) is 5.27. The number of alkyl halides is 1. The van der Waals surface area contributed by atoms with Gasteiger partial charge < -0.3 is 0 Å². The van der Waals surface area contributed by atoms with Gasteiger partial charge in [-0.25, -0.2) is 0 Å². The molecule has 1 atom stereocenters. The Labute approximate surface area is 109 Å². The first kappa shape index (κ1) is 13.2. The fourth-order valence-corrected chi connectivity index (χ4v) is 2.67. The molecule has 1 aromatic heterocycles. The van der Waals surface area contributed by atoms with Crippen molar-refractivity contribution >= 4 is 31.9 Å². The Kier molecular flexibility index (Phi) is 5.83. The summed E-state index contributed by atoms with van der Waals surface area (Å²) >= 11 is 7.04. The van der Waals surface area contributed by atoms with E-state index in [0.717, 1.165) is 22.1 Å². The normalized spacial score (nSPS) is 13.1. The van der Waals surface area contributed by atoms with Crippen molar-refractivity contribution in [2.24, 2.45) is 11.8 Å². The van der Waals surface area contributed by atoms with Gasteiger partial charge in [0.25, 0.3) is 0 Å². The van der Waals surface area contributed by atoms with Crippen LogP contribution >= 0.6 is 31.9 Å². The molecule has 0 bridgehead atoms. The number of pyridine rings is 1. The van der Waals surface area contributed by atoms with E-state index < -0.39 is 0 Å². The van der Waals surface area contributed by atoms with Crippen LogP contribution in [0.4, 0.5) is 0 Å². The van der Waals surface area contributed by atoms with E-state index in [2.05, 4.69) is 56.8 Å². The number of rotatable bonds is 5. The minimum atomic E-state index is 0.709. The summed E-state index contributed by atoms with van der Waals surface area (Å²) in [7, 11) is 0. The Balaban J connectivity index is 2.58. The van der Waals surface area contributed by atoms with Crippen LogP contribution in [0.5, 0.6) is 0 Å². The Hall–Kier alpha value is 0.110. The molecule has 0 aromatic carbocycles. The fraction of sp³-hybridized carbons (Fsp3) is 0.583. The molecule has 0 fully saturated rings. The van der Waals surface area contributed by atoms with Crippen molar-refractivity contribution in [2.45, 2.75) is 26.7 Å². The Bertz CT molecular complexity index is 299. The molecule has 0 saturated heterocycles. The molecule has 0 aliphatic carbocycles. The molecular weight excluding hydrogens is 318 g/mol. The first-order chi connectivity index (χ1) is 7.11. The molecule has 1 nitrogen and oxygen atoms in total. The molecule has 0 aliphatic rings. The lowest BCUT2D eigenvalue weighted by atomic mass is 9.93. The minimum absolute atomic E-state index is 0.709. The molecule has 1 aromatic rings. The zero-order valence-corrected chi connectivity index (χ0v) is 12.4. The van der Waals surface area contributed by atoms with Crippen LogP contribution < -0.4 is 0 Å². The molecule has 3 heteroatoms. The van der Waals surface area contributed by atoms with Crippen molar-refractivity contribution in [3.8, 4) is 0 Å². The highest BCUT2D eigenvalue weighted by molar-refractivity contribution is 9.10. The van der Waals surface area contributed by atoms with Crippen molar-refractivity contribution in [2.75, 3.05) is 5.33 Å².